The van der Waals surface area contributed by atoms with Gasteiger partial charge in [0, 0.05) is 47.8 Å². The summed E-state index contributed by atoms with van der Waals surface area (Å²) in [4.78, 5) is 20.6. The molecule has 2 fully saturated rings. The number of nitrogens with one attached hydrogen (secondary N) is 1. The Morgan fingerprint density at radius 1 is 1.37 bits per heavy atom. The van der Waals surface area contributed by atoms with Crippen molar-refractivity contribution in [2.45, 2.75) is 38.3 Å². The van der Waals surface area contributed by atoms with E-state index in [0.29, 0.717) is 60.9 Å². The highest BCUT2D eigenvalue weighted by Crippen LogP contribution is 2.39. The number of amides is 1. The molecule has 1 aromatic heterocycles. The van der Waals surface area contributed by atoms with Gasteiger partial charge in [0.25, 0.3) is 5.91 Å². The van der Waals surface area contributed by atoms with Crippen LogP contribution in [0.2, 0.25) is 0 Å². The Balaban J connectivity index is 1.66. The lowest BCUT2D eigenvalue weighted by Gasteiger charge is -2.28. The predicted molar refractivity (Wildman–Crippen MR) is 153 cm³/mol. The van der Waals surface area contributed by atoms with Crippen LogP contribution in [-0.4, -0.2) is 78.8 Å². The molecule has 8 nitrogen and oxygen atoms in total. The molecule has 4 unspecified atom stereocenters. The third kappa shape index (κ3) is 7.03. The molecule has 0 spiro atoms. The Labute approximate surface area is 225 Å². The molecule has 2 aliphatic rings. The number of ether oxygens (including phenoxy) is 1. The van der Waals surface area contributed by atoms with Gasteiger partial charge in [0.05, 0.1) is 18.7 Å². The first-order valence-electron chi connectivity index (χ1n) is 13.3. The van der Waals surface area contributed by atoms with Crippen molar-refractivity contribution in [3.8, 4) is 0 Å². The topological polar surface area (TPSA) is 101 Å². The molecule has 1 aromatic carbocycles. The molecule has 0 bridgehead atoms. The molecule has 38 heavy (non-hydrogen) atoms. The van der Waals surface area contributed by atoms with E-state index in [1.807, 2.05) is 30.3 Å². The van der Waals surface area contributed by atoms with Crippen molar-refractivity contribution in [3.63, 3.8) is 0 Å². The van der Waals surface area contributed by atoms with Gasteiger partial charge >= 0.3 is 0 Å². The summed E-state index contributed by atoms with van der Waals surface area (Å²) in [5.41, 5.74) is 7.40. The van der Waals surface area contributed by atoms with Crippen molar-refractivity contribution in [3.05, 3.63) is 53.6 Å². The van der Waals surface area contributed by atoms with E-state index in [-0.39, 0.29) is 5.91 Å². The molecule has 2 heterocycles. The van der Waals surface area contributed by atoms with Gasteiger partial charge in [-0.05, 0) is 54.7 Å². The Hall–Kier alpha value is -2.69. The van der Waals surface area contributed by atoms with Crippen LogP contribution < -0.4 is 20.3 Å². The van der Waals surface area contributed by atoms with Gasteiger partial charge in [-0.1, -0.05) is 37.3 Å². The summed E-state index contributed by atoms with van der Waals surface area (Å²) in [6.45, 7) is 3.94. The summed E-state index contributed by atoms with van der Waals surface area (Å²) in [5, 5.41) is 2.96. The van der Waals surface area contributed by atoms with E-state index in [1.165, 1.54) is 0 Å². The molecule has 1 amide bonds. The number of hydrogen-bond acceptors (Lipinski definition) is 6. The molecule has 0 radical (unpaired) electrons. The molecule has 1 saturated carbocycles. The van der Waals surface area contributed by atoms with Crippen LogP contribution in [0.4, 0.5) is 16.0 Å². The van der Waals surface area contributed by atoms with Gasteiger partial charge in [0.15, 0.2) is 0 Å². The second-order valence-electron chi connectivity index (χ2n) is 10.5. The number of carbonyl (C=O) groups is 1. The maximum atomic E-state index is 13.6. The van der Waals surface area contributed by atoms with Gasteiger partial charge in [-0.15, -0.1) is 0 Å². The van der Waals surface area contributed by atoms with Crippen LogP contribution in [0.25, 0.3) is 0 Å². The van der Waals surface area contributed by atoms with Gasteiger partial charge in [-0.2, -0.15) is 0 Å². The SMILES string of the molecule is C=S1(=O)CCCN1c1cc(C(=O)N[C@@H](Cc2ccccc2)C(N)CF)cc(N(CCOC)CC2CC2C)n1. The Kier molecular flexibility index (Phi) is 9.27. The van der Waals surface area contributed by atoms with Crippen molar-refractivity contribution in [2.75, 3.05) is 55.0 Å². The zero-order chi connectivity index (χ0) is 27.3. The fourth-order valence-electron chi connectivity index (χ4n) is 4.89. The zero-order valence-corrected chi connectivity index (χ0v) is 23.2. The normalized spacial score (nSPS) is 24.2. The largest absolute Gasteiger partial charge is 0.383 e. The molecule has 1 saturated heterocycles. The fourth-order valence-corrected chi connectivity index (χ4v) is 6.59. The number of alkyl halides is 1. The van der Waals surface area contributed by atoms with Crippen LogP contribution in [0, 0.1) is 11.8 Å². The van der Waals surface area contributed by atoms with Crippen molar-refractivity contribution >= 4 is 33.1 Å². The number of anilines is 2. The molecule has 10 heteroatoms. The van der Waals surface area contributed by atoms with Crippen LogP contribution in [0.15, 0.2) is 42.5 Å². The fraction of sp³-hybridized carbons (Fsp3) is 0.536. The lowest BCUT2D eigenvalue weighted by atomic mass is 10.00. The Morgan fingerprint density at radius 3 is 2.71 bits per heavy atom. The third-order valence-electron chi connectivity index (χ3n) is 7.47. The summed E-state index contributed by atoms with van der Waals surface area (Å²) in [6.07, 6.45) is 2.30. The van der Waals surface area contributed by atoms with Crippen molar-refractivity contribution in [1.82, 2.24) is 10.3 Å². The predicted octanol–water partition coefficient (Wildman–Crippen LogP) is 2.67. The highest BCUT2D eigenvalue weighted by molar-refractivity contribution is 8.01. The van der Waals surface area contributed by atoms with E-state index in [4.69, 9.17) is 15.5 Å². The first-order valence-corrected chi connectivity index (χ1v) is 15.1. The number of aromatic nitrogens is 1. The van der Waals surface area contributed by atoms with E-state index >= 15 is 0 Å². The molecular weight excluding hydrogens is 505 g/mol. The maximum Gasteiger partial charge on any atom is 0.251 e. The van der Waals surface area contributed by atoms with Crippen molar-refractivity contribution < 1.29 is 18.1 Å². The minimum Gasteiger partial charge on any atom is -0.383 e. The number of pyridine rings is 1. The molecular formula is C28H40FN5O3S. The quantitative estimate of drug-likeness (QED) is 0.376. The second kappa shape index (κ2) is 12.4. The van der Waals surface area contributed by atoms with Crippen LogP contribution in [-0.2, 0) is 20.9 Å². The lowest BCUT2D eigenvalue weighted by Crippen LogP contribution is -2.50. The minimum atomic E-state index is -2.52. The Morgan fingerprint density at radius 2 is 2.11 bits per heavy atom. The summed E-state index contributed by atoms with van der Waals surface area (Å²) < 4.78 is 33.9. The van der Waals surface area contributed by atoms with E-state index < -0.39 is 28.5 Å². The summed E-state index contributed by atoms with van der Waals surface area (Å²) in [5.74, 6) is 6.34. The van der Waals surface area contributed by atoms with Crippen LogP contribution >= 0.6 is 0 Å². The average Bonchev–Trinajstić information content (AvgIpc) is 3.49. The van der Waals surface area contributed by atoms with Crippen molar-refractivity contribution in [1.29, 1.82) is 0 Å². The molecule has 4 rings (SSSR count). The first-order chi connectivity index (χ1) is 18.2. The lowest BCUT2D eigenvalue weighted by molar-refractivity contribution is 0.0928. The van der Waals surface area contributed by atoms with E-state index in [0.717, 1.165) is 24.9 Å². The number of hydrogen-bond donors (Lipinski definition) is 2. The monoisotopic (exact) mass is 545 g/mol. The second-order valence-corrected chi connectivity index (χ2v) is 12.9. The Bertz CT molecular complexity index is 1200. The van der Waals surface area contributed by atoms with Gasteiger partial charge in [-0.3, -0.25) is 9.10 Å². The van der Waals surface area contributed by atoms with E-state index in [2.05, 4.69) is 23.0 Å². The van der Waals surface area contributed by atoms with Crippen LogP contribution in [0.5, 0.6) is 0 Å². The molecule has 1 aliphatic heterocycles. The van der Waals surface area contributed by atoms with Gasteiger partial charge in [-0.25, -0.2) is 13.6 Å². The number of benzene rings is 1. The molecule has 1 aliphatic carbocycles. The summed E-state index contributed by atoms with van der Waals surface area (Å²) >= 11 is 0. The number of nitrogens with two attached hydrogens (primary N) is 1. The number of methoxy groups -OCH3 is 1. The zero-order valence-electron chi connectivity index (χ0n) is 22.4. The number of nitrogens with zero attached hydrogens (tertiary/aromatic N) is 3. The van der Waals surface area contributed by atoms with Gasteiger partial charge < -0.3 is 20.7 Å². The molecule has 5 atom stereocenters. The molecule has 3 N–H and O–H groups in total. The van der Waals surface area contributed by atoms with Crippen LogP contribution in [0.3, 0.4) is 0 Å². The number of rotatable bonds is 13. The molecule has 2 aromatic rings. The standard InChI is InChI=1S/C28H40FN5O3S/c1-20-14-23(20)19-33(11-12-37-2)26-16-22(17-27(32-26)34-10-7-13-38(34,3)36)28(35)31-25(24(30)18-29)15-21-8-5-4-6-9-21/h4-6,8-9,16-17,20,23-25H,3,7,10-15,18-19,30H2,1-2H3,(H,31,35)/t20?,23?,24?,25-,38?/m0/s1. The maximum absolute atomic E-state index is 13.6. The van der Waals surface area contributed by atoms with Gasteiger partial charge in [0.1, 0.15) is 18.3 Å². The third-order valence-corrected chi connectivity index (χ3v) is 9.57. The first kappa shape index (κ1) is 28.3. The van der Waals surface area contributed by atoms with E-state index in [9.17, 15) is 13.4 Å². The number of halogens is 1. The van der Waals surface area contributed by atoms with Crippen molar-refractivity contribution in [2.24, 2.45) is 17.6 Å². The highest BCUT2D eigenvalue weighted by atomic mass is 32.2. The number of carbonyl (C=O) groups excluding carboxylic acids is 1. The smallest absolute Gasteiger partial charge is 0.251 e. The minimum absolute atomic E-state index is 0.363. The summed E-state index contributed by atoms with van der Waals surface area (Å²) in [7, 11) is -0.860. The highest BCUT2D eigenvalue weighted by Gasteiger charge is 2.35. The van der Waals surface area contributed by atoms with Crippen LogP contribution in [0.1, 0.15) is 35.7 Å². The molecule has 208 valence electrons. The summed E-state index contributed by atoms with van der Waals surface area (Å²) in [6, 6.07) is 11.5. The average molecular weight is 546 g/mol. The van der Waals surface area contributed by atoms with E-state index in [1.54, 1.807) is 23.5 Å². The van der Waals surface area contributed by atoms with Gasteiger partial charge in [0.2, 0.25) is 0 Å².